The van der Waals surface area contributed by atoms with E-state index in [1.807, 2.05) is 0 Å². The second kappa shape index (κ2) is 6.04. The van der Waals surface area contributed by atoms with Gasteiger partial charge in [0.15, 0.2) is 0 Å². The molecule has 0 N–H and O–H groups in total. The summed E-state index contributed by atoms with van der Waals surface area (Å²) >= 11 is 0. The second-order valence-electron chi connectivity index (χ2n) is 4.97. The van der Waals surface area contributed by atoms with Gasteiger partial charge in [-0.2, -0.15) is 22.0 Å². The summed E-state index contributed by atoms with van der Waals surface area (Å²) in [6, 6.07) is 0. The van der Waals surface area contributed by atoms with Crippen LogP contribution in [-0.2, 0) is 23.9 Å². The van der Waals surface area contributed by atoms with Crippen LogP contribution in [0.15, 0.2) is 0 Å². The Labute approximate surface area is 128 Å². The maximum absolute atomic E-state index is 13.7. The zero-order valence-electron chi connectivity index (χ0n) is 12.5. The lowest BCUT2D eigenvalue weighted by molar-refractivity contribution is -0.294. The Morgan fingerprint density at radius 3 is 1.83 bits per heavy atom. The maximum Gasteiger partial charge on any atom is 0.453 e. The number of Topliss-reactive ketones (excluding diaryl/α,β-unsaturated/α-hetero) is 1. The SMILES string of the molecule is CCOC(=O)[C@H]1[C@@H](C(F)(F)C(F)(F)F)[C@@]1(C(C)=O)C(=O)OCC. The van der Waals surface area contributed by atoms with Gasteiger partial charge in [0.05, 0.1) is 25.0 Å². The molecule has 0 saturated heterocycles. The number of ketones is 1. The minimum Gasteiger partial charge on any atom is -0.466 e. The first kappa shape index (κ1) is 19.3. The van der Waals surface area contributed by atoms with Gasteiger partial charge >= 0.3 is 24.0 Å². The molecule has 0 aromatic rings. The van der Waals surface area contributed by atoms with Crippen molar-refractivity contribution in [3.05, 3.63) is 0 Å². The van der Waals surface area contributed by atoms with E-state index in [1.165, 1.54) is 13.8 Å². The topological polar surface area (TPSA) is 69.7 Å². The highest BCUT2D eigenvalue weighted by atomic mass is 19.4. The van der Waals surface area contributed by atoms with Crippen molar-refractivity contribution in [2.24, 2.45) is 17.3 Å². The molecule has 0 aromatic heterocycles. The summed E-state index contributed by atoms with van der Waals surface area (Å²) in [5, 5.41) is 0. The van der Waals surface area contributed by atoms with Gasteiger partial charge in [-0.1, -0.05) is 0 Å². The predicted molar refractivity (Wildman–Crippen MR) is 64.4 cm³/mol. The first-order valence-corrected chi connectivity index (χ1v) is 6.70. The van der Waals surface area contributed by atoms with Crippen LogP contribution in [0, 0.1) is 17.3 Å². The molecule has 0 aromatic carbocycles. The van der Waals surface area contributed by atoms with Gasteiger partial charge in [-0.25, -0.2) is 0 Å². The van der Waals surface area contributed by atoms with Gasteiger partial charge in [0.2, 0.25) is 0 Å². The molecule has 1 fully saturated rings. The molecule has 0 amide bonds. The van der Waals surface area contributed by atoms with Crippen molar-refractivity contribution in [3.8, 4) is 0 Å². The standard InChI is InChI=1S/C13H15F5O5/c1-4-22-9(20)7-8(12(14,15)13(16,17)18)11(7,6(3)19)10(21)23-5-2/h7-8H,4-5H2,1-3H3/t7-,8-,11+/m1/s1. The highest BCUT2D eigenvalue weighted by Gasteiger charge is 2.88. The molecule has 0 unspecified atom stereocenters. The maximum atomic E-state index is 13.7. The van der Waals surface area contributed by atoms with Crippen molar-refractivity contribution >= 4 is 17.7 Å². The highest BCUT2D eigenvalue weighted by molar-refractivity contribution is 6.12. The summed E-state index contributed by atoms with van der Waals surface area (Å²) in [4.78, 5) is 35.4. The van der Waals surface area contributed by atoms with Gasteiger partial charge in [0.25, 0.3) is 0 Å². The van der Waals surface area contributed by atoms with Crippen LogP contribution in [0.4, 0.5) is 22.0 Å². The average molecular weight is 346 g/mol. The molecule has 1 saturated carbocycles. The third-order valence-electron chi connectivity index (χ3n) is 3.71. The van der Waals surface area contributed by atoms with Gasteiger partial charge in [0, 0.05) is 0 Å². The Morgan fingerprint density at radius 1 is 1.00 bits per heavy atom. The first-order chi connectivity index (χ1) is 10.4. The van der Waals surface area contributed by atoms with Gasteiger partial charge in [-0.3, -0.25) is 14.4 Å². The van der Waals surface area contributed by atoms with E-state index in [-0.39, 0.29) is 13.2 Å². The number of esters is 2. The van der Waals surface area contributed by atoms with E-state index in [0.717, 1.165) is 0 Å². The van der Waals surface area contributed by atoms with Crippen molar-refractivity contribution in [2.45, 2.75) is 32.9 Å². The van der Waals surface area contributed by atoms with Crippen molar-refractivity contribution in [1.82, 2.24) is 0 Å². The number of halogens is 5. The van der Waals surface area contributed by atoms with E-state index in [2.05, 4.69) is 9.47 Å². The van der Waals surface area contributed by atoms with E-state index in [1.54, 1.807) is 0 Å². The number of carbonyl (C=O) groups is 3. The molecule has 5 nitrogen and oxygen atoms in total. The van der Waals surface area contributed by atoms with Crippen LogP contribution in [0.25, 0.3) is 0 Å². The molecule has 0 spiro atoms. The lowest BCUT2D eigenvalue weighted by Gasteiger charge is -2.21. The molecule has 1 aliphatic carbocycles. The highest BCUT2D eigenvalue weighted by Crippen LogP contribution is 2.69. The van der Waals surface area contributed by atoms with Crippen molar-refractivity contribution < 1.29 is 45.8 Å². The van der Waals surface area contributed by atoms with E-state index in [9.17, 15) is 36.3 Å². The van der Waals surface area contributed by atoms with E-state index in [4.69, 9.17) is 0 Å². The summed E-state index contributed by atoms with van der Waals surface area (Å²) in [7, 11) is 0. The Hall–Kier alpha value is -1.74. The molecule has 23 heavy (non-hydrogen) atoms. The normalized spacial score (nSPS) is 27.3. The fourth-order valence-electron chi connectivity index (χ4n) is 2.70. The van der Waals surface area contributed by atoms with Crippen LogP contribution in [-0.4, -0.2) is 43.0 Å². The third kappa shape index (κ3) is 2.78. The minimum absolute atomic E-state index is 0.309. The molecular weight excluding hydrogens is 331 g/mol. The molecule has 1 aliphatic rings. The number of carbonyl (C=O) groups excluding carboxylic acids is 3. The monoisotopic (exact) mass is 346 g/mol. The summed E-state index contributed by atoms with van der Waals surface area (Å²) in [5.41, 5.74) is -2.89. The van der Waals surface area contributed by atoms with Crippen LogP contribution >= 0.6 is 0 Å². The van der Waals surface area contributed by atoms with Crippen LogP contribution in [0.5, 0.6) is 0 Å². The molecule has 1 rings (SSSR count). The van der Waals surface area contributed by atoms with Gasteiger partial charge in [-0.05, 0) is 20.8 Å². The fraction of sp³-hybridized carbons (Fsp3) is 0.769. The van der Waals surface area contributed by atoms with Crippen LogP contribution in [0.1, 0.15) is 20.8 Å². The Bertz CT molecular complexity index is 515. The summed E-state index contributed by atoms with van der Waals surface area (Å²) in [6.07, 6.45) is -6.04. The van der Waals surface area contributed by atoms with E-state index < -0.39 is 47.1 Å². The fourth-order valence-corrected chi connectivity index (χ4v) is 2.70. The lowest BCUT2D eigenvalue weighted by Crippen LogP contribution is -2.43. The molecule has 0 radical (unpaired) electrons. The smallest absolute Gasteiger partial charge is 0.453 e. The summed E-state index contributed by atoms with van der Waals surface area (Å²) < 4.78 is 74.3. The Kier molecular flexibility index (Phi) is 5.07. The molecule has 132 valence electrons. The number of rotatable bonds is 6. The number of ether oxygens (including phenoxy) is 2. The van der Waals surface area contributed by atoms with Gasteiger partial charge in [-0.15, -0.1) is 0 Å². The quantitative estimate of drug-likeness (QED) is 0.419. The molecule has 0 heterocycles. The average Bonchev–Trinajstić information content (AvgIpc) is 3.10. The molecular formula is C13H15F5O5. The molecule has 0 aliphatic heterocycles. The predicted octanol–water partition coefficient (Wildman–Crippen LogP) is 2.13. The van der Waals surface area contributed by atoms with Crippen molar-refractivity contribution in [1.29, 1.82) is 0 Å². The summed E-state index contributed by atoms with van der Waals surface area (Å²) in [5.74, 6) is -14.9. The summed E-state index contributed by atoms with van der Waals surface area (Å²) in [6.45, 7) is 2.58. The van der Waals surface area contributed by atoms with Crippen molar-refractivity contribution in [2.75, 3.05) is 13.2 Å². The minimum atomic E-state index is -6.04. The van der Waals surface area contributed by atoms with Crippen LogP contribution < -0.4 is 0 Å². The Balaban J connectivity index is 3.42. The van der Waals surface area contributed by atoms with Gasteiger partial charge < -0.3 is 9.47 Å². The third-order valence-corrected chi connectivity index (χ3v) is 3.71. The Morgan fingerprint density at radius 2 is 1.48 bits per heavy atom. The van der Waals surface area contributed by atoms with E-state index >= 15 is 0 Å². The zero-order valence-corrected chi connectivity index (χ0v) is 12.5. The zero-order chi connectivity index (χ0) is 18.2. The number of hydrogen-bond acceptors (Lipinski definition) is 5. The van der Waals surface area contributed by atoms with Gasteiger partial charge in [0.1, 0.15) is 11.2 Å². The molecule has 0 bridgehead atoms. The van der Waals surface area contributed by atoms with Crippen LogP contribution in [0.3, 0.4) is 0 Å². The molecule has 3 atom stereocenters. The molecule has 10 heteroatoms. The first-order valence-electron chi connectivity index (χ1n) is 6.70. The van der Waals surface area contributed by atoms with E-state index in [0.29, 0.717) is 6.92 Å². The lowest BCUT2D eigenvalue weighted by atomic mass is 9.94. The van der Waals surface area contributed by atoms with Crippen LogP contribution in [0.2, 0.25) is 0 Å². The number of hydrogen-bond donors (Lipinski definition) is 0. The van der Waals surface area contributed by atoms with Crippen molar-refractivity contribution in [3.63, 3.8) is 0 Å². The largest absolute Gasteiger partial charge is 0.466 e. The number of alkyl halides is 5. The second-order valence-corrected chi connectivity index (χ2v) is 4.97.